The molecule has 2 rings (SSSR count). The molecule has 2 aromatic rings. The fourth-order valence-electron chi connectivity index (χ4n) is 2.48. The molecule has 0 aromatic heterocycles. The molecule has 0 aliphatic rings. The third kappa shape index (κ3) is 6.54. The van der Waals surface area contributed by atoms with Crippen molar-refractivity contribution in [3.05, 3.63) is 65.5 Å². The zero-order valence-electron chi connectivity index (χ0n) is 17.1. The second kappa shape index (κ2) is 9.84. The molecule has 0 atom stereocenters. The van der Waals surface area contributed by atoms with Crippen LogP contribution in [0.25, 0.3) is 0 Å². The van der Waals surface area contributed by atoms with Crippen LogP contribution in [0.2, 0.25) is 0 Å². The Morgan fingerprint density at radius 2 is 1.66 bits per heavy atom. The number of carbonyl (C=O) groups is 1. The van der Waals surface area contributed by atoms with Crippen LogP contribution in [0.5, 0.6) is 5.75 Å². The lowest BCUT2D eigenvalue weighted by molar-refractivity contribution is 0.0727. The summed E-state index contributed by atoms with van der Waals surface area (Å²) in [6.07, 6.45) is 0. The maximum atomic E-state index is 14.1. The van der Waals surface area contributed by atoms with Crippen LogP contribution >= 0.6 is 0 Å². The highest BCUT2D eigenvalue weighted by atomic mass is 32.2. The molecule has 0 aliphatic carbocycles. The highest BCUT2D eigenvalue weighted by molar-refractivity contribution is 7.87. The molecule has 0 heterocycles. The van der Waals surface area contributed by atoms with Gasteiger partial charge in [-0.2, -0.15) is 8.42 Å². The Kier molecular flexibility index (Phi) is 7.75. The van der Waals surface area contributed by atoms with Crippen molar-refractivity contribution in [1.82, 2.24) is 9.80 Å². The standard InChI is InChI=1S/C21H27FN2O4S/c1-16(2)29(26,27)28-18-11-9-17(10-12-18)15-24(14-13-23(3)4)21(25)19-7-5-6-8-20(19)22/h5-12,16H,13-15H2,1-4H3. The lowest BCUT2D eigenvalue weighted by Crippen LogP contribution is -2.36. The molecule has 0 spiro atoms. The van der Waals surface area contributed by atoms with Crippen LogP contribution in [-0.4, -0.2) is 56.6 Å². The third-order valence-electron chi connectivity index (χ3n) is 4.30. The molecule has 0 N–H and O–H groups in total. The van der Waals surface area contributed by atoms with Crippen LogP contribution in [0, 0.1) is 5.82 Å². The van der Waals surface area contributed by atoms with Gasteiger partial charge in [-0.25, -0.2) is 4.39 Å². The van der Waals surface area contributed by atoms with Crippen molar-refractivity contribution in [2.24, 2.45) is 0 Å². The van der Waals surface area contributed by atoms with E-state index in [2.05, 4.69) is 0 Å². The molecule has 0 saturated heterocycles. The lowest BCUT2D eigenvalue weighted by Gasteiger charge is -2.25. The second-order valence-electron chi connectivity index (χ2n) is 7.28. The number of likely N-dealkylation sites (N-methyl/N-ethyl adjacent to an activating group) is 1. The summed E-state index contributed by atoms with van der Waals surface area (Å²) in [5.41, 5.74) is 0.803. The number of halogens is 1. The molecule has 8 heteroatoms. The summed E-state index contributed by atoms with van der Waals surface area (Å²) in [4.78, 5) is 16.4. The maximum Gasteiger partial charge on any atom is 0.311 e. The van der Waals surface area contributed by atoms with Gasteiger partial charge in [-0.15, -0.1) is 0 Å². The van der Waals surface area contributed by atoms with Crippen LogP contribution < -0.4 is 4.18 Å². The Hall–Kier alpha value is -2.45. The van der Waals surface area contributed by atoms with Crippen molar-refractivity contribution in [2.45, 2.75) is 25.6 Å². The van der Waals surface area contributed by atoms with Crippen LogP contribution in [0.1, 0.15) is 29.8 Å². The lowest BCUT2D eigenvalue weighted by atomic mass is 10.1. The van der Waals surface area contributed by atoms with Crippen molar-refractivity contribution in [3.8, 4) is 5.75 Å². The minimum Gasteiger partial charge on any atom is -0.382 e. The van der Waals surface area contributed by atoms with E-state index in [-0.39, 0.29) is 17.9 Å². The zero-order valence-corrected chi connectivity index (χ0v) is 17.9. The van der Waals surface area contributed by atoms with Crippen LogP contribution in [0.15, 0.2) is 48.5 Å². The molecule has 0 radical (unpaired) electrons. The largest absolute Gasteiger partial charge is 0.382 e. The smallest absolute Gasteiger partial charge is 0.311 e. The van der Waals surface area contributed by atoms with Gasteiger partial charge in [0.15, 0.2) is 0 Å². The van der Waals surface area contributed by atoms with Crippen molar-refractivity contribution in [2.75, 3.05) is 27.2 Å². The predicted molar refractivity (Wildman–Crippen MR) is 111 cm³/mol. The highest BCUT2D eigenvalue weighted by Crippen LogP contribution is 2.19. The van der Waals surface area contributed by atoms with Gasteiger partial charge in [-0.1, -0.05) is 24.3 Å². The van der Waals surface area contributed by atoms with Crippen molar-refractivity contribution in [3.63, 3.8) is 0 Å². The normalized spacial score (nSPS) is 11.7. The number of rotatable bonds is 9. The summed E-state index contributed by atoms with van der Waals surface area (Å²) in [5.74, 6) is -0.745. The van der Waals surface area contributed by atoms with E-state index in [1.165, 1.54) is 12.1 Å². The number of hydrogen-bond acceptors (Lipinski definition) is 5. The molecule has 2 aromatic carbocycles. The fraction of sp³-hybridized carbons (Fsp3) is 0.381. The molecule has 1 amide bonds. The fourth-order valence-corrected chi connectivity index (χ4v) is 3.05. The zero-order chi connectivity index (χ0) is 21.6. The predicted octanol–water partition coefficient (Wildman–Crippen LogP) is 3.15. The molecule has 158 valence electrons. The van der Waals surface area contributed by atoms with E-state index in [0.717, 1.165) is 5.56 Å². The molecular weight excluding hydrogens is 395 g/mol. The summed E-state index contributed by atoms with van der Waals surface area (Å²) in [6, 6.07) is 12.4. The Morgan fingerprint density at radius 3 is 2.21 bits per heavy atom. The van der Waals surface area contributed by atoms with Gasteiger partial charge in [-0.05, 0) is 57.8 Å². The highest BCUT2D eigenvalue weighted by Gasteiger charge is 2.20. The van der Waals surface area contributed by atoms with Gasteiger partial charge in [0, 0.05) is 19.6 Å². The average Bonchev–Trinajstić information content (AvgIpc) is 2.66. The van der Waals surface area contributed by atoms with Crippen LogP contribution in [0.3, 0.4) is 0 Å². The first kappa shape index (κ1) is 22.8. The first-order valence-corrected chi connectivity index (χ1v) is 10.8. The molecule has 29 heavy (non-hydrogen) atoms. The number of nitrogens with zero attached hydrogens (tertiary/aromatic N) is 2. The molecule has 0 aliphatic heterocycles. The summed E-state index contributed by atoms with van der Waals surface area (Å²) in [6.45, 7) is 4.38. The number of hydrogen-bond donors (Lipinski definition) is 0. The quantitative estimate of drug-likeness (QED) is 0.581. The Morgan fingerprint density at radius 1 is 1.03 bits per heavy atom. The van der Waals surface area contributed by atoms with Gasteiger partial charge in [-0.3, -0.25) is 4.79 Å². The summed E-state index contributed by atoms with van der Waals surface area (Å²) in [5, 5.41) is -0.651. The van der Waals surface area contributed by atoms with E-state index in [9.17, 15) is 17.6 Å². The minimum absolute atomic E-state index is 0.0224. The SMILES string of the molecule is CC(C)S(=O)(=O)Oc1ccc(CN(CCN(C)C)C(=O)c2ccccc2F)cc1. The van der Waals surface area contributed by atoms with E-state index in [1.807, 2.05) is 19.0 Å². The Labute approximate surface area is 172 Å². The average molecular weight is 423 g/mol. The first-order chi connectivity index (χ1) is 13.6. The Bertz CT molecular complexity index is 928. The maximum absolute atomic E-state index is 14.1. The third-order valence-corrected chi connectivity index (χ3v) is 5.87. The summed E-state index contributed by atoms with van der Waals surface area (Å²) in [7, 11) is 0.121. The molecule has 0 fully saturated rings. The minimum atomic E-state index is -3.67. The molecule has 0 bridgehead atoms. The second-order valence-corrected chi connectivity index (χ2v) is 9.37. The van der Waals surface area contributed by atoms with Gasteiger partial charge >= 0.3 is 10.1 Å². The summed E-state index contributed by atoms with van der Waals surface area (Å²) < 4.78 is 42.9. The Balaban J connectivity index is 2.18. The number of amides is 1. The van der Waals surface area contributed by atoms with Gasteiger partial charge in [0.25, 0.3) is 5.91 Å². The topological polar surface area (TPSA) is 66.9 Å². The van der Waals surface area contributed by atoms with Crippen molar-refractivity contribution >= 4 is 16.0 Å². The van der Waals surface area contributed by atoms with Crippen molar-refractivity contribution in [1.29, 1.82) is 0 Å². The van der Waals surface area contributed by atoms with Crippen molar-refractivity contribution < 1.29 is 21.8 Å². The van der Waals surface area contributed by atoms with Gasteiger partial charge in [0.1, 0.15) is 11.6 Å². The van der Waals surface area contributed by atoms with E-state index >= 15 is 0 Å². The number of carbonyl (C=O) groups excluding carboxylic acids is 1. The molecule has 0 saturated carbocycles. The van der Waals surface area contributed by atoms with E-state index in [1.54, 1.807) is 55.1 Å². The van der Waals surface area contributed by atoms with E-state index in [4.69, 9.17) is 4.18 Å². The molecule has 0 unspecified atom stereocenters. The van der Waals surface area contributed by atoms with E-state index in [0.29, 0.717) is 13.1 Å². The van der Waals surface area contributed by atoms with Gasteiger partial charge in [0.2, 0.25) is 0 Å². The van der Waals surface area contributed by atoms with Crippen LogP contribution in [0.4, 0.5) is 4.39 Å². The monoisotopic (exact) mass is 422 g/mol. The molecular formula is C21H27FN2O4S. The first-order valence-electron chi connectivity index (χ1n) is 9.31. The molecule has 6 nitrogen and oxygen atoms in total. The number of benzene rings is 2. The van der Waals surface area contributed by atoms with Gasteiger partial charge < -0.3 is 14.0 Å². The van der Waals surface area contributed by atoms with Crippen LogP contribution in [-0.2, 0) is 16.7 Å². The van der Waals surface area contributed by atoms with Gasteiger partial charge in [0.05, 0.1) is 10.8 Å². The summed E-state index contributed by atoms with van der Waals surface area (Å²) >= 11 is 0. The van der Waals surface area contributed by atoms with E-state index < -0.39 is 27.1 Å².